The number of thiophene rings is 1. The number of anilines is 1. The van der Waals surface area contributed by atoms with E-state index in [0.29, 0.717) is 18.7 Å². The Labute approximate surface area is 150 Å². The molecule has 0 aliphatic heterocycles. The molecule has 1 aromatic carbocycles. The Morgan fingerprint density at radius 3 is 2.88 bits per heavy atom. The van der Waals surface area contributed by atoms with Gasteiger partial charge in [0, 0.05) is 47.8 Å². The summed E-state index contributed by atoms with van der Waals surface area (Å²) in [6.45, 7) is 2.62. The van der Waals surface area contributed by atoms with Crippen LogP contribution < -0.4 is 16.0 Å². The number of hydrogen-bond acceptors (Lipinski definition) is 6. The van der Waals surface area contributed by atoms with E-state index < -0.39 is 0 Å². The van der Waals surface area contributed by atoms with Crippen molar-refractivity contribution in [3.8, 4) is 0 Å². The van der Waals surface area contributed by atoms with Gasteiger partial charge in [-0.25, -0.2) is 4.98 Å². The Morgan fingerprint density at radius 2 is 2.08 bits per heavy atom. The monoisotopic (exact) mass is 358 g/mol. The highest BCUT2D eigenvalue weighted by molar-refractivity contribution is 7.18. The van der Waals surface area contributed by atoms with E-state index in [1.165, 1.54) is 4.70 Å². The molecule has 0 aliphatic carbocycles. The Hall–Kier alpha value is -2.22. The minimum Gasteiger partial charge on any atom is -0.383 e. The lowest BCUT2D eigenvalue weighted by atomic mass is 10.1. The summed E-state index contributed by atoms with van der Waals surface area (Å²) in [5, 5.41) is 13.6. The third-order valence-corrected chi connectivity index (χ3v) is 4.86. The summed E-state index contributed by atoms with van der Waals surface area (Å²) in [5.74, 6) is 0.743. The molecule has 2 aromatic heterocycles. The molecule has 0 saturated carbocycles. The number of benzene rings is 1. The number of likely N-dealkylation sites (N-methyl/N-ethyl adjacent to an activating group) is 1. The number of rotatable bonds is 8. The van der Waals surface area contributed by atoms with Crippen LogP contribution in [0.1, 0.15) is 10.4 Å². The standard InChI is InChI=1S/C18H22N4O2S/c1-19-6-7-20-17-14-5-10-25-16(14)13-4-3-12(11-15(13)22-17)18(23)21-8-9-24-2/h3-5,10-11,19H,6-9H2,1-2H3,(H,20,22)(H,21,23). The van der Waals surface area contributed by atoms with E-state index >= 15 is 0 Å². The van der Waals surface area contributed by atoms with Crippen molar-refractivity contribution in [2.24, 2.45) is 0 Å². The summed E-state index contributed by atoms with van der Waals surface area (Å²) in [5.41, 5.74) is 1.43. The molecule has 25 heavy (non-hydrogen) atoms. The molecule has 2 heterocycles. The van der Waals surface area contributed by atoms with Crippen molar-refractivity contribution in [3.05, 3.63) is 35.2 Å². The summed E-state index contributed by atoms with van der Waals surface area (Å²) in [6, 6.07) is 7.75. The Kier molecular flexibility index (Phi) is 5.80. The number of amides is 1. The highest BCUT2D eigenvalue weighted by Gasteiger charge is 2.12. The minimum absolute atomic E-state index is 0.114. The van der Waals surface area contributed by atoms with Crippen molar-refractivity contribution in [3.63, 3.8) is 0 Å². The Bertz CT molecular complexity index is 878. The number of nitrogens with zero attached hydrogens (tertiary/aromatic N) is 1. The van der Waals surface area contributed by atoms with E-state index in [1.807, 2.05) is 25.2 Å². The molecule has 3 rings (SSSR count). The van der Waals surface area contributed by atoms with Gasteiger partial charge < -0.3 is 20.7 Å². The van der Waals surface area contributed by atoms with Gasteiger partial charge in [-0.1, -0.05) is 6.07 Å². The van der Waals surface area contributed by atoms with Gasteiger partial charge >= 0.3 is 0 Å². The van der Waals surface area contributed by atoms with E-state index in [-0.39, 0.29) is 5.91 Å². The van der Waals surface area contributed by atoms with E-state index in [4.69, 9.17) is 9.72 Å². The summed E-state index contributed by atoms with van der Waals surface area (Å²) in [4.78, 5) is 17.0. The van der Waals surface area contributed by atoms with Crippen LogP contribution in [0.4, 0.5) is 5.82 Å². The summed E-state index contributed by atoms with van der Waals surface area (Å²) in [6.07, 6.45) is 0. The van der Waals surface area contributed by atoms with Crippen molar-refractivity contribution < 1.29 is 9.53 Å². The molecule has 7 heteroatoms. The van der Waals surface area contributed by atoms with Crippen LogP contribution in [0.25, 0.3) is 21.0 Å². The summed E-state index contributed by atoms with van der Waals surface area (Å²) in [7, 11) is 3.53. The van der Waals surface area contributed by atoms with Crippen molar-refractivity contribution in [1.82, 2.24) is 15.6 Å². The topological polar surface area (TPSA) is 75.3 Å². The maximum absolute atomic E-state index is 12.3. The van der Waals surface area contributed by atoms with Crippen LogP contribution >= 0.6 is 11.3 Å². The van der Waals surface area contributed by atoms with E-state index in [9.17, 15) is 4.79 Å². The SMILES string of the molecule is CNCCNc1nc2cc(C(=O)NCCOC)ccc2c2sccc12. The molecule has 3 aromatic rings. The minimum atomic E-state index is -0.114. The van der Waals surface area contributed by atoms with Crippen molar-refractivity contribution in [2.45, 2.75) is 0 Å². The predicted octanol–water partition coefficient (Wildman–Crippen LogP) is 2.46. The van der Waals surface area contributed by atoms with Gasteiger partial charge in [0.25, 0.3) is 5.91 Å². The summed E-state index contributed by atoms with van der Waals surface area (Å²) >= 11 is 1.69. The molecule has 0 fully saturated rings. The highest BCUT2D eigenvalue weighted by atomic mass is 32.1. The van der Waals surface area contributed by atoms with Gasteiger partial charge in [0.15, 0.2) is 0 Å². The molecular formula is C18H22N4O2S. The zero-order valence-corrected chi connectivity index (χ0v) is 15.2. The van der Waals surface area contributed by atoms with Gasteiger partial charge in [0.2, 0.25) is 0 Å². The number of fused-ring (bicyclic) bond motifs is 3. The number of aromatic nitrogens is 1. The molecule has 3 N–H and O–H groups in total. The van der Waals surface area contributed by atoms with Crippen LogP contribution in [-0.2, 0) is 4.74 Å². The second kappa shape index (κ2) is 8.24. The van der Waals surface area contributed by atoms with Crippen LogP contribution in [0.2, 0.25) is 0 Å². The van der Waals surface area contributed by atoms with Crippen LogP contribution in [0.5, 0.6) is 0 Å². The van der Waals surface area contributed by atoms with E-state index in [1.54, 1.807) is 18.4 Å². The maximum Gasteiger partial charge on any atom is 0.251 e. The molecule has 0 saturated heterocycles. The largest absolute Gasteiger partial charge is 0.383 e. The molecule has 0 spiro atoms. The number of pyridine rings is 1. The third kappa shape index (κ3) is 3.89. The number of carbonyl (C=O) groups excluding carboxylic acids is 1. The lowest BCUT2D eigenvalue weighted by Gasteiger charge is -2.10. The van der Waals surface area contributed by atoms with Gasteiger partial charge in [-0.05, 0) is 30.6 Å². The lowest BCUT2D eigenvalue weighted by Crippen LogP contribution is -2.26. The van der Waals surface area contributed by atoms with Gasteiger partial charge in [0.1, 0.15) is 5.82 Å². The Balaban J connectivity index is 1.94. The van der Waals surface area contributed by atoms with Gasteiger partial charge in [-0.3, -0.25) is 4.79 Å². The Morgan fingerprint density at radius 1 is 1.20 bits per heavy atom. The zero-order valence-electron chi connectivity index (χ0n) is 14.4. The first kappa shape index (κ1) is 17.6. The molecule has 1 amide bonds. The number of nitrogens with one attached hydrogen (secondary N) is 3. The smallest absolute Gasteiger partial charge is 0.251 e. The van der Waals surface area contributed by atoms with Crippen LogP contribution in [0, 0.1) is 0 Å². The van der Waals surface area contributed by atoms with Gasteiger partial charge in [-0.15, -0.1) is 11.3 Å². The number of hydrogen-bond donors (Lipinski definition) is 3. The summed E-state index contributed by atoms with van der Waals surface area (Å²) < 4.78 is 6.14. The second-order valence-corrected chi connectivity index (χ2v) is 6.55. The molecule has 0 atom stereocenters. The number of ether oxygens (including phenoxy) is 1. The first-order valence-corrected chi connectivity index (χ1v) is 9.09. The van der Waals surface area contributed by atoms with Crippen molar-refractivity contribution in [1.29, 1.82) is 0 Å². The zero-order chi connectivity index (χ0) is 17.6. The van der Waals surface area contributed by atoms with E-state index in [0.717, 1.165) is 35.2 Å². The predicted molar refractivity (Wildman–Crippen MR) is 104 cm³/mol. The first-order chi connectivity index (χ1) is 12.2. The van der Waals surface area contributed by atoms with Crippen LogP contribution in [0.15, 0.2) is 29.6 Å². The fraction of sp³-hybridized carbons (Fsp3) is 0.333. The normalized spacial score (nSPS) is 11.1. The number of carbonyl (C=O) groups is 1. The second-order valence-electron chi connectivity index (χ2n) is 5.63. The molecule has 0 aliphatic rings. The van der Waals surface area contributed by atoms with Gasteiger partial charge in [-0.2, -0.15) is 0 Å². The molecule has 132 valence electrons. The van der Waals surface area contributed by atoms with Crippen molar-refractivity contribution in [2.75, 3.05) is 45.7 Å². The quantitative estimate of drug-likeness (QED) is 0.539. The average molecular weight is 358 g/mol. The van der Waals surface area contributed by atoms with Crippen LogP contribution in [-0.4, -0.2) is 51.3 Å². The molecule has 6 nitrogen and oxygen atoms in total. The molecule has 0 radical (unpaired) electrons. The average Bonchev–Trinajstić information content (AvgIpc) is 3.12. The number of methoxy groups -OCH3 is 1. The van der Waals surface area contributed by atoms with Gasteiger partial charge in [0.05, 0.1) is 12.1 Å². The molecule has 0 bridgehead atoms. The fourth-order valence-corrected chi connectivity index (χ4v) is 3.58. The molecular weight excluding hydrogens is 336 g/mol. The van der Waals surface area contributed by atoms with Crippen LogP contribution in [0.3, 0.4) is 0 Å². The fourth-order valence-electron chi connectivity index (χ4n) is 2.65. The first-order valence-electron chi connectivity index (χ1n) is 8.21. The highest BCUT2D eigenvalue weighted by Crippen LogP contribution is 2.33. The maximum atomic E-state index is 12.3. The molecule has 0 unspecified atom stereocenters. The third-order valence-electron chi connectivity index (χ3n) is 3.92. The van der Waals surface area contributed by atoms with Crippen molar-refractivity contribution >= 4 is 44.1 Å². The lowest BCUT2D eigenvalue weighted by molar-refractivity contribution is 0.0937. The van der Waals surface area contributed by atoms with E-state index in [2.05, 4.69) is 27.4 Å².